The minimum absolute atomic E-state index is 0.0411. The van der Waals surface area contributed by atoms with Gasteiger partial charge in [0.15, 0.2) is 11.5 Å². The van der Waals surface area contributed by atoms with Crippen molar-refractivity contribution in [1.29, 1.82) is 0 Å². The first-order chi connectivity index (χ1) is 13.0. The highest BCUT2D eigenvalue weighted by Gasteiger charge is 2.25. The molecule has 27 heavy (non-hydrogen) atoms. The lowest BCUT2D eigenvalue weighted by atomic mass is 10.1. The maximum absolute atomic E-state index is 12.8. The molecule has 1 fully saturated rings. The molecule has 0 radical (unpaired) electrons. The van der Waals surface area contributed by atoms with Crippen molar-refractivity contribution in [3.63, 3.8) is 0 Å². The standard InChI is InChI=1S/C20H23NO6/c1-13-10-16(12-19(22)26-13)27-15-6-8-21(9-7-15)20(23)14-4-5-17(24-2)18(11-14)25-3/h4-5,10-12,15H,6-9H2,1-3H3. The number of piperidine rings is 1. The van der Waals surface area contributed by atoms with Crippen LogP contribution in [0.3, 0.4) is 0 Å². The van der Waals surface area contributed by atoms with Crippen LogP contribution < -0.4 is 19.8 Å². The molecule has 144 valence electrons. The van der Waals surface area contributed by atoms with Crippen LogP contribution in [-0.2, 0) is 0 Å². The summed E-state index contributed by atoms with van der Waals surface area (Å²) in [7, 11) is 3.10. The normalized spacial score (nSPS) is 14.7. The highest BCUT2D eigenvalue weighted by Crippen LogP contribution is 2.28. The highest BCUT2D eigenvalue weighted by atomic mass is 16.5. The van der Waals surface area contributed by atoms with Crippen LogP contribution >= 0.6 is 0 Å². The summed E-state index contributed by atoms with van der Waals surface area (Å²) in [6, 6.07) is 8.19. The molecule has 0 N–H and O–H groups in total. The van der Waals surface area contributed by atoms with Gasteiger partial charge < -0.3 is 23.5 Å². The van der Waals surface area contributed by atoms with E-state index in [1.165, 1.54) is 6.07 Å². The molecule has 0 atom stereocenters. The number of benzene rings is 1. The summed E-state index contributed by atoms with van der Waals surface area (Å²) >= 11 is 0. The first-order valence-electron chi connectivity index (χ1n) is 8.80. The number of hydrogen-bond acceptors (Lipinski definition) is 6. The fourth-order valence-corrected chi connectivity index (χ4v) is 3.16. The lowest BCUT2D eigenvalue weighted by Crippen LogP contribution is -2.41. The van der Waals surface area contributed by atoms with Crippen molar-refractivity contribution >= 4 is 5.91 Å². The van der Waals surface area contributed by atoms with E-state index in [0.717, 1.165) is 0 Å². The van der Waals surface area contributed by atoms with Gasteiger partial charge in [-0.05, 0) is 25.1 Å². The third-order valence-electron chi connectivity index (χ3n) is 4.53. The Hall–Kier alpha value is -2.96. The zero-order valence-corrected chi connectivity index (χ0v) is 15.7. The molecule has 1 aromatic carbocycles. The van der Waals surface area contributed by atoms with Gasteiger partial charge in [0.05, 0.1) is 20.3 Å². The molecule has 1 aromatic heterocycles. The zero-order valence-electron chi connectivity index (χ0n) is 15.7. The SMILES string of the molecule is COc1ccc(C(=O)N2CCC(Oc3cc(C)oc(=O)c3)CC2)cc1OC. The van der Waals surface area contributed by atoms with Crippen molar-refractivity contribution in [3.05, 3.63) is 52.1 Å². The molecular weight excluding hydrogens is 350 g/mol. The van der Waals surface area contributed by atoms with Gasteiger partial charge in [-0.25, -0.2) is 4.79 Å². The average molecular weight is 373 g/mol. The van der Waals surface area contributed by atoms with Crippen LogP contribution in [0.2, 0.25) is 0 Å². The first-order valence-corrected chi connectivity index (χ1v) is 8.80. The molecule has 0 aliphatic carbocycles. The third kappa shape index (κ3) is 4.42. The number of amides is 1. The summed E-state index contributed by atoms with van der Waals surface area (Å²) in [4.78, 5) is 26.0. The number of likely N-dealkylation sites (tertiary alicyclic amines) is 1. The van der Waals surface area contributed by atoms with E-state index in [2.05, 4.69) is 0 Å². The Labute approximate surface area is 157 Å². The number of aryl methyl sites for hydroxylation is 1. The fraction of sp³-hybridized carbons (Fsp3) is 0.400. The minimum atomic E-state index is -0.425. The molecule has 1 aliphatic heterocycles. The van der Waals surface area contributed by atoms with Crippen molar-refractivity contribution < 1.29 is 23.4 Å². The van der Waals surface area contributed by atoms with Crippen molar-refractivity contribution in [2.45, 2.75) is 25.9 Å². The zero-order chi connectivity index (χ0) is 19.4. The number of nitrogens with zero attached hydrogens (tertiary/aromatic N) is 1. The monoisotopic (exact) mass is 373 g/mol. The Morgan fingerprint density at radius 1 is 1.07 bits per heavy atom. The Morgan fingerprint density at radius 2 is 1.78 bits per heavy atom. The van der Waals surface area contributed by atoms with Crippen molar-refractivity contribution in [1.82, 2.24) is 4.90 Å². The van der Waals surface area contributed by atoms with Crippen LogP contribution in [0.4, 0.5) is 0 Å². The van der Waals surface area contributed by atoms with Gasteiger partial charge in [0.2, 0.25) is 0 Å². The highest BCUT2D eigenvalue weighted by molar-refractivity contribution is 5.95. The lowest BCUT2D eigenvalue weighted by Gasteiger charge is -2.32. The predicted octanol–water partition coefficient (Wildman–Crippen LogP) is 2.65. The van der Waals surface area contributed by atoms with E-state index in [1.54, 1.807) is 50.3 Å². The van der Waals surface area contributed by atoms with Gasteiger partial charge in [-0.1, -0.05) is 0 Å². The second-order valence-electron chi connectivity index (χ2n) is 6.40. The molecule has 0 spiro atoms. The summed E-state index contributed by atoms with van der Waals surface area (Å²) < 4.78 is 21.3. The Bertz CT molecular complexity index is 867. The minimum Gasteiger partial charge on any atom is -0.493 e. The molecule has 7 heteroatoms. The average Bonchev–Trinajstić information content (AvgIpc) is 2.66. The fourth-order valence-electron chi connectivity index (χ4n) is 3.16. The molecule has 2 heterocycles. The predicted molar refractivity (Wildman–Crippen MR) is 98.8 cm³/mol. The largest absolute Gasteiger partial charge is 0.493 e. The number of carbonyl (C=O) groups excluding carboxylic acids is 1. The quantitative estimate of drug-likeness (QED) is 0.802. The van der Waals surface area contributed by atoms with Crippen LogP contribution in [0, 0.1) is 6.92 Å². The summed E-state index contributed by atoms with van der Waals surface area (Å²) in [5.74, 6) is 2.08. The van der Waals surface area contributed by atoms with Crippen LogP contribution in [-0.4, -0.2) is 44.2 Å². The second kappa shape index (κ2) is 8.16. The molecular formula is C20H23NO6. The lowest BCUT2D eigenvalue weighted by molar-refractivity contribution is 0.0594. The summed E-state index contributed by atoms with van der Waals surface area (Å²) in [5, 5.41) is 0. The van der Waals surface area contributed by atoms with E-state index in [-0.39, 0.29) is 12.0 Å². The van der Waals surface area contributed by atoms with Crippen LogP contribution in [0.1, 0.15) is 29.0 Å². The number of methoxy groups -OCH3 is 2. The first kappa shape index (κ1) is 18.8. The summed E-state index contributed by atoms with van der Waals surface area (Å²) in [5.41, 5.74) is 0.134. The van der Waals surface area contributed by atoms with Gasteiger partial charge in [-0.2, -0.15) is 0 Å². The van der Waals surface area contributed by atoms with Gasteiger partial charge in [-0.15, -0.1) is 0 Å². The van der Waals surface area contributed by atoms with E-state index in [0.29, 0.717) is 54.5 Å². The van der Waals surface area contributed by atoms with Gasteiger partial charge >= 0.3 is 5.63 Å². The van der Waals surface area contributed by atoms with E-state index >= 15 is 0 Å². The van der Waals surface area contributed by atoms with E-state index < -0.39 is 5.63 Å². The van der Waals surface area contributed by atoms with E-state index in [4.69, 9.17) is 18.6 Å². The molecule has 2 aromatic rings. The number of rotatable bonds is 5. The number of ether oxygens (including phenoxy) is 3. The van der Waals surface area contributed by atoms with Gasteiger partial charge in [-0.3, -0.25) is 4.79 Å². The van der Waals surface area contributed by atoms with Crippen LogP contribution in [0.15, 0.2) is 39.5 Å². The topological polar surface area (TPSA) is 78.2 Å². The smallest absolute Gasteiger partial charge is 0.339 e. The summed E-state index contributed by atoms with van der Waals surface area (Å²) in [6.45, 7) is 2.87. The molecule has 1 aliphatic rings. The summed E-state index contributed by atoms with van der Waals surface area (Å²) in [6.07, 6.45) is 1.34. The van der Waals surface area contributed by atoms with Crippen molar-refractivity contribution in [2.24, 2.45) is 0 Å². The molecule has 1 saturated heterocycles. The third-order valence-corrected chi connectivity index (χ3v) is 4.53. The van der Waals surface area contributed by atoms with Crippen molar-refractivity contribution in [3.8, 4) is 17.2 Å². The molecule has 1 amide bonds. The number of hydrogen-bond donors (Lipinski definition) is 0. The van der Waals surface area contributed by atoms with Gasteiger partial charge in [0, 0.05) is 37.6 Å². The Kier molecular flexibility index (Phi) is 5.69. The molecule has 0 saturated carbocycles. The van der Waals surface area contributed by atoms with Crippen LogP contribution in [0.5, 0.6) is 17.2 Å². The van der Waals surface area contributed by atoms with Gasteiger partial charge in [0.1, 0.15) is 17.6 Å². The maximum Gasteiger partial charge on any atom is 0.339 e. The Balaban J connectivity index is 1.61. The van der Waals surface area contributed by atoms with E-state index in [9.17, 15) is 9.59 Å². The molecule has 7 nitrogen and oxygen atoms in total. The Morgan fingerprint density at radius 3 is 2.41 bits per heavy atom. The molecule has 0 bridgehead atoms. The van der Waals surface area contributed by atoms with Crippen molar-refractivity contribution in [2.75, 3.05) is 27.3 Å². The maximum atomic E-state index is 12.8. The number of carbonyl (C=O) groups is 1. The van der Waals surface area contributed by atoms with E-state index in [1.807, 2.05) is 0 Å². The molecule has 3 rings (SSSR count). The van der Waals surface area contributed by atoms with Gasteiger partial charge in [0.25, 0.3) is 5.91 Å². The second-order valence-corrected chi connectivity index (χ2v) is 6.40. The molecule has 0 unspecified atom stereocenters. The van der Waals surface area contributed by atoms with Crippen LogP contribution in [0.25, 0.3) is 0 Å².